The molecule has 2 aromatic heterocycles. The predicted octanol–water partition coefficient (Wildman–Crippen LogP) is 2.19. The standard InChI is InChI=1S/C17H21F2N5O/c1-12-7-21-14(8-20-12)10-23-4-2-13(3-5-23)9-24-11-22-15(17(18)19)6-16(24)25/h6-8,11,13,17H,2-5,9-10H2,1H3. The van der Waals surface area contributed by atoms with Crippen LogP contribution in [-0.2, 0) is 13.1 Å². The quantitative estimate of drug-likeness (QED) is 0.828. The second-order valence-corrected chi connectivity index (χ2v) is 6.47. The van der Waals surface area contributed by atoms with E-state index < -0.39 is 17.7 Å². The van der Waals surface area contributed by atoms with Crippen molar-refractivity contribution in [2.45, 2.75) is 39.3 Å². The molecule has 0 aliphatic carbocycles. The number of hydrogen-bond acceptors (Lipinski definition) is 5. The Morgan fingerprint density at radius 2 is 1.96 bits per heavy atom. The maximum atomic E-state index is 12.6. The van der Waals surface area contributed by atoms with Crippen molar-refractivity contribution >= 4 is 0 Å². The van der Waals surface area contributed by atoms with E-state index in [0.717, 1.165) is 49.9 Å². The molecule has 0 radical (unpaired) electrons. The van der Waals surface area contributed by atoms with Crippen molar-refractivity contribution < 1.29 is 8.78 Å². The van der Waals surface area contributed by atoms with Gasteiger partial charge in [-0.05, 0) is 38.8 Å². The second-order valence-electron chi connectivity index (χ2n) is 6.47. The zero-order chi connectivity index (χ0) is 17.8. The zero-order valence-electron chi connectivity index (χ0n) is 14.1. The van der Waals surface area contributed by atoms with Gasteiger partial charge >= 0.3 is 0 Å². The van der Waals surface area contributed by atoms with Crippen molar-refractivity contribution in [2.75, 3.05) is 13.1 Å². The van der Waals surface area contributed by atoms with Crippen molar-refractivity contribution in [3.05, 3.63) is 52.2 Å². The minimum absolute atomic E-state index is 0.345. The summed E-state index contributed by atoms with van der Waals surface area (Å²) < 4.78 is 26.5. The Bertz CT molecular complexity index is 754. The summed E-state index contributed by atoms with van der Waals surface area (Å²) in [6.07, 6.45) is 3.99. The molecular weight excluding hydrogens is 328 g/mol. The predicted molar refractivity (Wildman–Crippen MR) is 88.2 cm³/mol. The molecule has 3 heterocycles. The van der Waals surface area contributed by atoms with Crippen LogP contribution in [0.5, 0.6) is 0 Å². The summed E-state index contributed by atoms with van der Waals surface area (Å²) in [6.45, 7) is 5.03. The largest absolute Gasteiger partial charge is 0.299 e. The summed E-state index contributed by atoms with van der Waals surface area (Å²) in [4.78, 5) is 26.5. The summed E-state index contributed by atoms with van der Waals surface area (Å²) in [7, 11) is 0. The Labute approximate surface area is 144 Å². The fourth-order valence-corrected chi connectivity index (χ4v) is 3.03. The molecule has 3 rings (SSSR count). The number of alkyl halides is 2. The fraction of sp³-hybridized carbons (Fsp3) is 0.529. The van der Waals surface area contributed by atoms with Crippen LogP contribution in [0.3, 0.4) is 0 Å². The molecule has 1 aliphatic heterocycles. The van der Waals surface area contributed by atoms with E-state index in [1.165, 1.54) is 10.9 Å². The van der Waals surface area contributed by atoms with Crippen LogP contribution in [-0.4, -0.2) is 37.5 Å². The number of aromatic nitrogens is 4. The first-order valence-corrected chi connectivity index (χ1v) is 8.35. The van der Waals surface area contributed by atoms with Crippen molar-refractivity contribution in [1.82, 2.24) is 24.4 Å². The number of rotatable bonds is 5. The van der Waals surface area contributed by atoms with E-state index in [1.54, 1.807) is 12.4 Å². The van der Waals surface area contributed by atoms with Gasteiger partial charge in [-0.25, -0.2) is 13.8 Å². The zero-order valence-corrected chi connectivity index (χ0v) is 14.1. The Morgan fingerprint density at radius 3 is 2.56 bits per heavy atom. The molecule has 0 unspecified atom stereocenters. The molecule has 134 valence electrons. The van der Waals surface area contributed by atoms with Crippen LogP contribution in [0.1, 0.15) is 36.3 Å². The summed E-state index contributed by atoms with van der Waals surface area (Å²) >= 11 is 0. The van der Waals surface area contributed by atoms with E-state index in [4.69, 9.17) is 0 Å². The smallest absolute Gasteiger partial charge is 0.280 e. The molecule has 0 amide bonds. The molecule has 6 nitrogen and oxygen atoms in total. The van der Waals surface area contributed by atoms with Gasteiger partial charge in [0, 0.05) is 31.5 Å². The highest BCUT2D eigenvalue weighted by Gasteiger charge is 2.21. The minimum Gasteiger partial charge on any atom is -0.299 e. The van der Waals surface area contributed by atoms with E-state index in [-0.39, 0.29) is 0 Å². The third-order valence-electron chi connectivity index (χ3n) is 4.51. The lowest BCUT2D eigenvalue weighted by atomic mass is 9.96. The molecule has 0 spiro atoms. The molecule has 0 atom stereocenters. The van der Waals surface area contributed by atoms with Gasteiger partial charge in [0.2, 0.25) is 0 Å². The van der Waals surface area contributed by atoms with Gasteiger partial charge in [-0.15, -0.1) is 0 Å². The van der Waals surface area contributed by atoms with Gasteiger partial charge in [-0.1, -0.05) is 0 Å². The number of piperidine rings is 1. The lowest BCUT2D eigenvalue weighted by molar-refractivity contribution is 0.144. The third kappa shape index (κ3) is 4.66. The van der Waals surface area contributed by atoms with Crippen molar-refractivity contribution in [2.24, 2.45) is 5.92 Å². The number of likely N-dealkylation sites (tertiary alicyclic amines) is 1. The van der Waals surface area contributed by atoms with Crippen LogP contribution in [0, 0.1) is 12.8 Å². The van der Waals surface area contributed by atoms with E-state index in [1.807, 2.05) is 6.92 Å². The maximum absolute atomic E-state index is 12.6. The highest BCUT2D eigenvalue weighted by atomic mass is 19.3. The number of hydrogen-bond donors (Lipinski definition) is 0. The Kier molecular flexibility index (Phi) is 5.47. The summed E-state index contributed by atoms with van der Waals surface area (Å²) in [6, 6.07) is 0.926. The van der Waals surface area contributed by atoms with Gasteiger partial charge in [0.05, 0.1) is 17.7 Å². The first-order valence-electron chi connectivity index (χ1n) is 8.35. The first kappa shape index (κ1) is 17.6. The average molecular weight is 349 g/mol. The number of halogens is 2. The van der Waals surface area contributed by atoms with Crippen LogP contribution in [0.2, 0.25) is 0 Å². The van der Waals surface area contributed by atoms with Crippen LogP contribution >= 0.6 is 0 Å². The molecule has 0 aromatic carbocycles. The van der Waals surface area contributed by atoms with Gasteiger partial charge in [0.25, 0.3) is 12.0 Å². The van der Waals surface area contributed by atoms with Crippen molar-refractivity contribution in [3.8, 4) is 0 Å². The lowest BCUT2D eigenvalue weighted by Gasteiger charge is -2.31. The van der Waals surface area contributed by atoms with Gasteiger partial charge in [0.1, 0.15) is 5.69 Å². The Hall–Kier alpha value is -2.22. The van der Waals surface area contributed by atoms with Gasteiger partial charge in [-0.3, -0.25) is 24.2 Å². The van der Waals surface area contributed by atoms with Crippen LogP contribution in [0.15, 0.2) is 29.6 Å². The Balaban J connectivity index is 1.52. The highest BCUT2D eigenvalue weighted by molar-refractivity contribution is 5.02. The third-order valence-corrected chi connectivity index (χ3v) is 4.51. The summed E-state index contributed by atoms with van der Waals surface area (Å²) in [5, 5.41) is 0. The van der Waals surface area contributed by atoms with Crippen molar-refractivity contribution in [3.63, 3.8) is 0 Å². The molecule has 0 saturated carbocycles. The summed E-state index contributed by atoms with van der Waals surface area (Å²) in [5.74, 6) is 0.345. The minimum atomic E-state index is -2.71. The molecule has 8 heteroatoms. The Morgan fingerprint density at radius 1 is 1.20 bits per heavy atom. The molecule has 1 aliphatic rings. The average Bonchev–Trinajstić information content (AvgIpc) is 2.60. The molecular formula is C17H21F2N5O. The van der Waals surface area contributed by atoms with Gasteiger partial charge < -0.3 is 0 Å². The van der Waals surface area contributed by atoms with Crippen LogP contribution in [0.4, 0.5) is 8.78 Å². The van der Waals surface area contributed by atoms with E-state index >= 15 is 0 Å². The monoisotopic (exact) mass is 349 g/mol. The van der Waals surface area contributed by atoms with Gasteiger partial charge in [-0.2, -0.15) is 0 Å². The molecule has 0 N–H and O–H groups in total. The van der Waals surface area contributed by atoms with Crippen LogP contribution < -0.4 is 5.56 Å². The lowest BCUT2D eigenvalue weighted by Crippen LogP contribution is -2.36. The van der Waals surface area contributed by atoms with E-state index in [2.05, 4.69) is 19.9 Å². The van der Waals surface area contributed by atoms with E-state index in [9.17, 15) is 13.6 Å². The highest BCUT2D eigenvalue weighted by Crippen LogP contribution is 2.20. The first-order chi connectivity index (χ1) is 12.0. The molecule has 25 heavy (non-hydrogen) atoms. The van der Waals surface area contributed by atoms with E-state index in [0.29, 0.717) is 12.5 Å². The van der Waals surface area contributed by atoms with Crippen molar-refractivity contribution in [1.29, 1.82) is 0 Å². The maximum Gasteiger partial charge on any atom is 0.280 e. The molecule has 1 fully saturated rings. The SMILES string of the molecule is Cc1cnc(CN2CCC(Cn3cnc(C(F)F)cc3=O)CC2)cn1. The molecule has 1 saturated heterocycles. The molecule has 0 bridgehead atoms. The normalized spacial score (nSPS) is 16.5. The van der Waals surface area contributed by atoms with Gasteiger partial charge in [0.15, 0.2) is 0 Å². The second kappa shape index (κ2) is 7.77. The topological polar surface area (TPSA) is 63.9 Å². The number of nitrogens with zero attached hydrogens (tertiary/aromatic N) is 5. The van der Waals surface area contributed by atoms with Crippen LogP contribution in [0.25, 0.3) is 0 Å². The molecule has 2 aromatic rings. The summed E-state index contributed by atoms with van der Waals surface area (Å²) in [5.41, 5.74) is 0.976. The fourth-order valence-electron chi connectivity index (χ4n) is 3.03. The number of aryl methyl sites for hydroxylation is 1.